The number of rotatable bonds is 2. The van der Waals surface area contributed by atoms with E-state index in [-0.39, 0.29) is 0 Å². The second-order valence-electron chi connectivity index (χ2n) is 5.41. The van der Waals surface area contributed by atoms with E-state index in [9.17, 15) is 0 Å². The zero-order valence-electron chi connectivity index (χ0n) is 12.0. The first-order chi connectivity index (χ1) is 7.99. The third-order valence-corrected chi connectivity index (χ3v) is 3.65. The van der Waals surface area contributed by atoms with Crippen LogP contribution in [0.4, 0.5) is 0 Å². The summed E-state index contributed by atoms with van der Waals surface area (Å²) >= 11 is 0. The Hall–Kier alpha value is -0.600. The third kappa shape index (κ3) is 2.38. The second-order valence-corrected chi connectivity index (χ2v) is 5.41. The summed E-state index contributed by atoms with van der Waals surface area (Å²) in [7, 11) is 0. The van der Waals surface area contributed by atoms with Gasteiger partial charge in [0.15, 0.2) is 0 Å². The van der Waals surface area contributed by atoms with Crippen molar-refractivity contribution < 1.29 is 1.37 Å². The molecular weight excluding hydrogens is 196 g/mol. The largest absolute Gasteiger partial charge is 0.293 e. The van der Waals surface area contributed by atoms with E-state index in [2.05, 4.69) is 43.6 Å². The molecule has 0 radical (unpaired) electrons. The van der Waals surface area contributed by atoms with Crippen molar-refractivity contribution in [1.82, 2.24) is 9.80 Å². The normalized spacial score (nSPS) is 24.9. The van der Waals surface area contributed by atoms with Gasteiger partial charge in [0.25, 0.3) is 0 Å². The van der Waals surface area contributed by atoms with Crippen LogP contribution < -0.4 is 0 Å². The van der Waals surface area contributed by atoms with Crippen LogP contribution in [-0.2, 0) is 0 Å². The van der Waals surface area contributed by atoms with E-state index < -0.39 is 0 Å². The summed E-state index contributed by atoms with van der Waals surface area (Å²) < 4.78 is 8.22. The zero-order chi connectivity index (χ0) is 12.6. The Morgan fingerprint density at radius 3 is 2.19 bits per heavy atom. The maximum atomic E-state index is 8.22. The van der Waals surface area contributed by atoms with E-state index in [1.807, 2.05) is 0 Å². The molecule has 2 aliphatic rings. The fourth-order valence-corrected chi connectivity index (χ4v) is 2.28. The van der Waals surface area contributed by atoms with Crippen molar-refractivity contribution in [2.45, 2.75) is 39.8 Å². The lowest BCUT2D eigenvalue weighted by Gasteiger charge is -2.37. The van der Waals surface area contributed by atoms with Gasteiger partial charge in [-0.1, -0.05) is 12.1 Å². The van der Waals surface area contributed by atoms with Gasteiger partial charge in [0.2, 0.25) is 0 Å². The van der Waals surface area contributed by atoms with E-state index >= 15 is 0 Å². The first-order valence-corrected chi connectivity index (χ1v) is 6.35. The van der Waals surface area contributed by atoms with Gasteiger partial charge in [-0.25, -0.2) is 0 Å². The number of fused-ring (bicyclic) bond motifs is 1. The molecule has 0 aromatic carbocycles. The lowest BCUT2D eigenvalue weighted by atomic mass is 9.96. The Kier molecular flexibility index (Phi) is 3.11. The zero-order valence-corrected chi connectivity index (χ0v) is 11.0. The fraction of sp³-hybridized carbons (Fsp3) is 0.714. The van der Waals surface area contributed by atoms with E-state index in [1.54, 1.807) is 0 Å². The Bertz CT molecular complexity index is 355. The van der Waals surface area contributed by atoms with Gasteiger partial charge in [-0.2, -0.15) is 0 Å². The van der Waals surface area contributed by atoms with Crippen molar-refractivity contribution in [3.63, 3.8) is 0 Å². The summed E-state index contributed by atoms with van der Waals surface area (Å²) in [4.78, 5) is 4.81. The van der Waals surface area contributed by atoms with Gasteiger partial charge >= 0.3 is 0 Å². The van der Waals surface area contributed by atoms with Crippen molar-refractivity contribution in [3.05, 3.63) is 23.3 Å². The Balaban J connectivity index is 2.20. The number of hydrogen-bond donors (Lipinski definition) is 0. The van der Waals surface area contributed by atoms with E-state index in [0.29, 0.717) is 12.1 Å². The van der Waals surface area contributed by atoms with Gasteiger partial charge in [-0.05, 0) is 38.8 Å². The molecule has 90 valence electrons. The van der Waals surface area contributed by atoms with Crippen LogP contribution in [0.15, 0.2) is 23.3 Å². The minimum absolute atomic E-state index is 0.529. The molecule has 2 rings (SSSR count). The average molecular weight is 221 g/mol. The lowest BCUT2D eigenvalue weighted by molar-refractivity contribution is 0.232. The van der Waals surface area contributed by atoms with Crippen molar-refractivity contribution in [1.29, 1.82) is 0 Å². The molecular formula is C14H24N2. The smallest absolute Gasteiger partial charge is 0.0593 e. The quantitative estimate of drug-likeness (QED) is 0.706. The van der Waals surface area contributed by atoms with Crippen LogP contribution in [0.1, 0.15) is 29.1 Å². The molecule has 0 N–H and O–H groups in total. The van der Waals surface area contributed by atoms with Gasteiger partial charge in [0.1, 0.15) is 0 Å². The Labute approximate surface area is 101 Å². The molecule has 2 aliphatic heterocycles. The highest BCUT2D eigenvalue weighted by Gasteiger charge is 2.23. The SMILES string of the molecule is [2H]C1=C2CN(C(C)C)CC=C2CN(C(C)C)C1. The first-order valence-electron chi connectivity index (χ1n) is 6.85. The molecule has 0 atom stereocenters. The molecule has 0 fully saturated rings. The van der Waals surface area contributed by atoms with Crippen LogP contribution in [0.5, 0.6) is 0 Å². The molecule has 0 saturated heterocycles. The van der Waals surface area contributed by atoms with Crippen LogP contribution in [0, 0.1) is 0 Å². The van der Waals surface area contributed by atoms with Crippen LogP contribution in [0.3, 0.4) is 0 Å². The Morgan fingerprint density at radius 1 is 1.00 bits per heavy atom. The predicted octanol–water partition coefficient (Wildman–Crippen LogP) is 2.29. The minimum Gasteiger partial charge on any atom is -0.293 e. The minimum atomic E-state index is 0.529. The molecule has 0 unspecified atom stereocenters. The first kappa shape index (κ1) is 10.5. The highest BCUT2D eigenvalue weighted by Crippen LogP contribution is 2.24. The predicted molar refractivity (Wildman–Crippen MR) is 69.6 cm³/mol. The summed E-state index contributed by atoms with van der Waals surface area (Å²) in [5, 5.41) is 0. The number of nitrogens with zero attached hydrogens (tertiary/aromatic N) is 2. The summed E-state index contributed by atoms with van der Waals surface area (Å²) in [6.45, 7) is 12.7. The molecule has 0 saturated carbocycles. The molecule has 0 aromatic heterocycles. The topological polar surface area (TPSA) is 6.48 Å². The van der Waals surface area contributed by atoms with Crippen molar-refractivity contribution in [3.8, 4) is 0 Å². The highest BCUT2D eigenvalue weighted by atomic mass is 15.2. The molecule has 2 heteroatoms. The maximum absolute atomic E-state index is 8.22. The van der Waals surface area contributed by atoms with Crippen LogP contribution in [0.25, 0.3) is 0 Å². The fourth-order valence-electron chi connectivity index (χ4n) is 2.28. The molecule has 0 aromatic rings. The van der Waals surface area contributed by atoms with Crippen LogP contribution in [0.2, 0.25) is 0 Å². The summed E-state index contributed by atoms with van der Waals surface area (Å²) in [5.74, 6) is 0. The van der Waals surface area contributed by atoms with Gasteiger partial charge in [0, 0.05) is 38.3 Å². The van der Waals surface area contributed by atoms with E-state index in [1.165, 1.54) is 11.1 Å². The van der Waals surface area contributed by atoms with Gasteiger partial charge in [0.05, 0.1) is 1.37 Å². The molecule has 2 heterocycles. The number of hydrogen-bond acceptors (Lipinski definition) is 2. The summed E-state index contributed by atoms with van der Waals surface area (Å²) in [5.41, 5.74) is 2.67. The molecule has 0 spiro atoms. The molecule has 2 nitrogen and oxygen atoms in total. The highest BCUT2D eigenvalue weighted by molar-refractivity contribution is 5.38. The monoisotopic (exact) mass is 221 g/mol. The lowest BCUT2D eigenvalue weighted by Crippen LogP contribution is -2.42. The van der Waals surface area contributed by atoms with Crippen molar-refractivity contribution in [2.75, 3.05) is 26.2 Å². The third-order valence-electron chi connectivity index (χ3n) is 3.65. The second kappa shape index (κ2) is 4.72. The van der Waals surface area contributed by atoms with Gasteiger partial charge in [-0.3, -0.25) is 9.80 Å². The average Bonchev–Trinajstić information content (AvgIpc) is 2.28. The Morgan fingerprint density at radius 2 is 1.56 bits per heavy atom. The molecule has 0 bridgehead atoms. The van der Waals surface area contributed by atoms with Crippen molar-refractivity contribution >= 4 is 0 Å². The summed E-state index contributed by atoms with van der Waals surface area (Å²) in [6.07, 6.45) is 2.32. The molecule has 0 amide bonds. The van der Waals surface area contributed by atoms with Gasteiger partial charge in [-0.15, -0.1) is 0 Å². The standard InChI is InChI=1S/C14H24N2/c1-11(2)15-7-5-14-10-16(12(3)4)8-6-13(14)9-15/h5-6,11-12H,7-10H2,1-4H3/i5D. The van der Waals surface area contributed by atoms with E-state index in [0.717, 1.165) is 32.2 Å². The summed E-state index contributed by atoms with van der Waals surface area (Å²) in [6, 6.07) is 1.92. The van der Waals surface area contributed by atoms with Gasteiger partial charge < -0.3 is 0 Å². The van der Waals surface area contributed by atoms with Crippen LogP contribution >= 0.6 is 0 Å². The van der Waals surface area contributed by atoms with Crippen molar-refractivity contribution in [2.24, 2.45) is 0 Å². The molecule has 0 aliphatic carbocycles. The van der Waals surface area contributed by atoms with Crippen LogP contribution in [-0.4, -0.2) is 48.1 Å². The molecule has 16 heavy (non-hydrogen) atoms. The maximum Gasteiger partial charge on any atom is 0.0593 e. The van der Waals surface area contributed by atoms with E-state index in [4.69, 9.17) is 1.37 Å².